The molecule has 34 heavy (non-hydrogen) atoms. The number of pyridine rings is 1. The van der Waals surface area contributed by atoms with Gasteiger partial charge in [-0.25, -0.2) is 0 Å². The Kier molecular flexibility index (Phi) is 7.95. The molecule has 0 saturated heterocycles. The van der Waals surface area contributed by atoms with Crippen molar-refractivity contribution in [2.24, 2.45) is 11.7 Å². The third-order valence-electron chi connectivity index (χ3n) is 5.24. The van der Waals surface area contributed by atoms with Gasteiger partial charge in [0.25, 0.3) is 11.8 Å². The van der Waals surface area contributed by atoms with Crippen LogP contribution in [0.5, 0.6) is 0 Å². The van der Waals surface area contributed by atoms with E-state index in [1.807, 2.05) is 19.1 Å². The highest BCUT2D eigenvalue weighted by Crippen LogP contribution is 2.33. The minimum Gasteiger partial charge on any atom is -0.395 e. The van der Waals surface area contributed by atoms with Crippen LogP contribution in [0.1, 0.15) is 57.6 Å². The van der Waals surface area contributed by atoms with Crippen molar-refractivity contribution in [3.8, 4) is 0 Å². The number of primary amides is 1. The molecule has 0 aliphatic rings. The van der Waals surface area contributed by atoms with Gasteiger partial charge in [-0.3, -0.25) is 24.3 Å². The summed E-state index contributed by atoms with van der Waals surface area (Å²) in [6.07, 6.45) is 3.92. The van der Waals surface area contributed by atoms with Gasteiger partial charge in [-0.2, -0.15) is 4.37 Å². The number of benzene rings is 1. The van der Waals surface area contributed by atoms with E-state index in [2.05, 4.69) is 28.5 Å². The molecule has 10 heteroatoms. The highest BCUT2D eigenvalue weighted by atomic mass is 32.1. The van der Waals surface area contributed by atoms with Crippen LogP contribution in [0.4, 0.5) is 11.4 Å². The average molecular weight is 481 g/mol. The number of nitrogens with zero attached hydrogens (tertiary/aromatic N) is 3. The molecule has 3 rings (SSSR count). The van der Waals surface area contributed by atoms with Gasteiger partial charge >= 0.3 is 0 Å². The lowest BCUT2D eigenvalue weighted by Crippen LogP contribution is -2.44. The summed E-state index contributed by atoms with van der Waals surface area (Å²) in [6.45, 7) is 6.52. The van der Waals surface area contributed by atoms with Crippen LogP contribution in [-0.2, 0) is 4.79 Å². The van der Waals surface area contributed by atoms with Gasteiger partial charge in [-0.05, 0) is 60.6 Å². The van der Waals surface area contributed by atoms with Crippen molar-refractivity contribution in [3.05, 3.63) is 70.5 Å². The number of hydrogen-bond donors (Lipinski definition) is 3. The number of aryl methyl sites for hydroxylation is 1. The number of carbonyl (C=O) groups excluding carboxylic acids is 3. The van der Waals surface area contributed by atoms with Crippen molar-refractivity contribution < 1.29 is 14.4 Å². The van der Waals surface area contributed by atoms with Crippen LogP contribution in [0.25, 0.3) is 0 Å². The summed E-state index contributed by atoms with van der Waals surface area (Å²) in [5.41, 5.74) is 13.2. The lowest BCUT2D eigenvalue weighted by Gasteiger charge is -2.31. The normalized spacial score (nSPS) is 11.8. The van der Waals surface area contributed by atoms with Crippen LogP contribution in [0.15, 0.2) is 48.8 Å². The third-order valence-corrected chi connectivity index (χ3v) is 6.09. The Bertz CT molecular complexity index is 1160. The summed E-state index contributed by atoms with van der Waals surface area (Å²) in [4.78, 5) is 44.5. The van der Waals surface area contributed by atoms with Gasteiger partial charge in [0.2, 0.25) is 5.91 Å². The number of amides is 3. The molecule has 1 aromatic carbocycles. The molecule has 0 radical (unpaired) electrons. The fraction of sp³-hybridized carbons (Fsp3) is 0.292. The Balaban J connectivity index is 2.12. The summed E-state index contributed by atoms with van der Waals surface area (Å²) < 4.78 is 3.96. The van der Waals surface area contributed by atoms with Crippen molar-refractivity contribution in [2.45, 2.75) is 33.2 Å². The quantitative estimate of drug-likeness (QED) is 0.429. The Morgan fingerprint density at radius 2 is 1.74 bits per heavy atom. The fourth-order valence-corrected chi connectivity index (χ4v) is 4.11. The van der Waals surface area contributed by atoms with Crippen molar-refractivity contribution in [2.75, 3.05) is 17.2 Å². The topological polar surface area (TPSA) is 144 Å². The maximum Gasteiger partial charge on any atom is 0.273 e. The predicted octanol–water partition coefficient (Wildman–Crippen LogP) is 3.08. The predicted molar refractivity (Wildman–Crippen MR) is 132 cm³/mol. The number of nitrogens with two attached hydrogens (primary N) is 2. The minimum absolute atomic E-state index is 0.0309. The van der Waals surface area contributed by atoms with Crippen LogP contribution < -0.4 is 21.7 Å². The molecule has 178 valence electrons. The van der Waals surface area contributed by atoms with Gasteiger partial charge in [-0.1, -0.05) is 31.5 Å². The van der Waals surface area contributed by atoms with E-state index in [-0.39, 0.29) is 22.2 Å². The molecule has 0 aliphatic heterocycles. The zero-order valence-electron chi connectivity index (χ0n) is 19.3. The van der Waals surface area contributed by atoms with Gasteiger partial charge in [0, 0.05) is 24.6 Å². The number of nitrogens with one attached hydrogen (secondary N) is 1. The van der Waals surface area contributed by atoms with Crippen LogP contribution >= 0.6 is 11.5 Å². The second-order valence-electron chi connectivity index (χ2n) is 8.31. The number of nitrogen functional groups attached to an aromatic ring is 1. The molecular formula is C24H28N6O3S. The first-order chi connectivity index (χ1) is 16.2. The largest absolute Gasteiger partial charge is 0.395 e. The van der Waals surface area contributed by atoms with Gasteiger partial charge in [-0.15, -0.1) is 0 Å². The Hall–Kier alpha value is -3.79. The Labute approximate surface area is 202 Å². The SMILES string of the molecule is Cc1ccc(N(C(=O)c2snc(C(N)=O)c2N)[C@H](C(=O)NCCC(C)C)c2ccncc2)cc1. The smallest absolute Gasteiger partial charge is 0.273 e. The number of rotatable bonds is 9. The summed E-state index contributed by atoms with van der Waals surface area (Å²) in [5.74, 6) is -1.34. The first kappa shape index (κ1) is 24.8. The molecule has 0 fully saturated rings. The minimum atomic E-state index is -1.01. The van der Waals surface area contributed by atoms with E-state index < -0.39 is 17.9 Å². The van der Waals surface area contributed by atoms with Crippen molar-refractivity contribution in [1.82, 2.24) is 14.7 Å². The molecule has 0 aliphatic carbocycles. The fourth-order valence-electron chi connectivity index (χ4n) is 3.37. The van der Waals surface area contributed by atoms with Crippen molar-refractivity contribution in [1.29, 1.82) is 0 Å². The molecular weight excluding hydrogens is 452 g/mol. The summed E-state index contributed by atoms with van der Waals surface area (Å²) in [6, 6.07) is 9.58. The molecule has 3 aromatic rings. The molecule has 1 atom stereocenters. The zero-order chi connectivity index (χ0) is 24.8. The van der Waals surface area contributed by atoms with Crippen LogP contribution in [0.2, 0.25) is 0 Å². The van der Waals surface area contributed by atoms with Gasteiger partial charge in [0.05, 0.1) is 5.69 Å². The van der Waals surface area contributed by atoms with Crippen LogP contribution in [0.3, 0.4) is 0 Å². The molecule has 2 aromatic heterocycles. The van der Waals surface area contributed by atoms with Crippen molar-refractivity contribution >= 4 is 40.6 Å². The third kappa shape index (κ3) is 5.57. The number of hydrogen-bond acceptors (Lipinski definition) is 7. The lowest BCUT2D eigenvalue weighted by molar-refractivity contribution is -0.122. The van der Waals surface area contributed by atoms with E-state index in [1.165, 1.54) is 4.90 Å². The molecule has 0 spiro atoms. The monoisotopic (exact) mass is 480 g/mol. The van der Waals surface area contributed by atoms with E-state index in [1.54, 1.807) is 36.7 Å². The molecule has 0 saturated carbocycles. The van der Waals surface area contributed by atoms with Crippen LogP contribution in [-0.4, -0.2) is 33.6 Å². The first-order valence-electron chi connectivity index (χ1n) is 10.8. The molecule has 9 nitrogen and oxygen atoms in total. The van der Waals surface area contributed by atoms with Crippen molar-refractivity contribution in [3.63, 3.8) is 0 Å². The Morgan fingerprint density at radius 1 is 1.09 bits per heavy atom. The zero-order valence-corrected chi connectivity index (χ0v) is 20.1. The number of aromatic nitrogens is 2. The van der Waals surface area contributed by atoms with E-state index >= 15 is 0 Å². The highest BCUT2D eigenvalue weighted by Gasteiger charge is 2.35. The van der Waals surface area contributed by atoms with Gasteiger partial charge < -0.3 is 16.8 Å². The molecule has 5 N–H and O–H groups in total. The average Bonchev–Trinajstić information content (AvgIpc) is 3.19. The lowest BCUT2D eigenvalue weighted by atomic mass is 10.0. The van der Waals surface area contributed by atoms with E-state index in [0.29, 0.717) is 23.7 Å². The molecule has 2 heterocycles. The van der Waals surface area contributed by atoms with E-state index in [9.17, 15) is 14.4 Å². The summed E-state index contributed by atoms with van der Waals surface area (Å²) >= 11 is 0.774. The van der Waals surface area contributed by atoms with E-state index in [4.69, 9.17) is 11.5 Å². The highest BCUT2D eigenvalue weighted by molar-refractivity contribution is 7.09. The molecule has 0 unspecified atom stereocenters. The molecule has 3 amide bonds. The standard InChI is InChI=1S/C24H28N6O3S/c1-14(2)8-13-28-23(32)20(16-9-11-27-12-10-16)30(17-6-4-15(3)5-7-17)24(33)21-18(25)19(22(26)31)29-34-21/h4-7,9-12,14,20H,8,13,25H2,1-3H3,(H2,26,31)(H,28,32)/t20-/m0/s1. The van der Waals surface area contributed by atoms with Crippen LogP contribution in [0, 0.1) is 12.8 Å². The summed E-state index contributed by atoms with van der Waals surface area (Å²) in [5, 5.41) is 2.95. The maximum absolute atomic E-state index is 13.9. The van der Waals surface area contributed by atoms with Gasteiger partial charge in [0.1, 0.15) is 10.9 Å². The molecule has 0 bridgehead atoms. The summed E-state index contributed by atoms with van der Waals surface area (Å²) in [7, 11) is 0. The second kappa shape index (κ2) is 10.9. The number of anilines is 2. The first-order valence-corrected chi connectivity index (χ1v) is 11.6. The number of carbonyl (C=O) groups is 3. The maximum atomic E-state index is 13.9. The Morgan fingerprint density at radius 3 is 2.29 bits per heavy atom. The second-order valence-corrected chi connectivity index (χ2v) is 9.08. The van der Waals surface area contributed by atoms with E-state index in [0.717, 1.165) is 23.5 Å². The van der Waals surface area contributed by atoms with Gasteiger partial charge in [0.15, 0.2) is 5.69 Å².